The van der Waals surface area contributed by atoms with Gasteiger partial charge in [0.05, 0.1) is 6.61 Å². The maximum Gasteiger partial charge on any atom is 0.414 e. The SMILES string of the molecule is CCCC(OCC(=O)OCC)C(F)(F)F. The van der Waals surface area contributed by atoms with Crippen LogP contribution in [0.5, 0.6) is 0 Å². The summed E-state index contributed by atoms with van der Waals surface area (Å²) >= 11 is 0. The van der Waals surface area contributed by atoms with E-state index in [4.69, 9.17) is 0 Å². The number of carbonyl (C=O) groups is 1. The second-order valence-electron chi connectivity index (χ2n) is 2.93. The van der Waals surface area contributed by atoms with Gasteiger partial charge in [-0.2, -0.15) is 13.2 Å². The number of halogens is 3. The molecule has 1 atom stereocenters. The minimum Gasteiger partial charge on any atom is -0.464 e. The molecule has 0 aliphatic carbocycles. The zero-order chi connectivity index (χ0) is 11.9. The highest BCUT2D eigenvalue weighted by Crippen LogP contribution is 2.26. The van der Waals surface area contributed by atoms with E-state index < -0.39 is 24.9 Å². The van der Waals surface area contributed by atoms with Crippen LogP contribution >= 0.6 is 0 Å². The lowest BCUT2D eigenvalue weighted by atomic mass is 10.2. The van der Waals surface area contributed by atoms with E-state index in [0.717, 1.165) is 0 Å². The van der Waals surface area contributed by atoms with E-state index in [0.29, 0.717) is 6.42 Å². The second-order valence-corrected chi connectivity index (χ2v) is 2.93. The molecule has 0 aliphatic heterocycles. The predicted molar refractivity (Wildman–Crippen MR) is 47.3 cm³/mol. The van der Waals surface area contributed by atoms with E-state index in [-0.39, 0.29) is 13.0 Å². The second kappa shape index (κ2) is 6.66. The third kappa shape index (κ3) is 6.33. The summed E-state index contributed by atoms with van der Waals surface area (Å²) in [5, 5.41) is 0. The van der Waals surface area contributed by atoms with Gasteiger partial charge < -0.3 is 9.47 Å². The molecule has 0 fully saturated rings. The first-order valence-corrected chi connectivity index (χ1v) is 4.75. The van der Waals surface area contributed by atoms with Gasteiger partial charge in [0.15, 0.2) is 6.10 Å². The number of ether oxygens (including phenoxy) is 2. The first-order valence-electron chi connectivity index (χ1n) is 4.75. The molecule has 0 aromatic rings. The van der Waals surface area contributed by atoms with E-state index in [1.807, 2.05) is 0 Å². The van der Waals surface area contributed by atoms with E-state index >= 15 is 0 Å². The van der Waals surface area contributed by atoms with E-state index in [2.05, 4.69) is 9.47 Å². The van der Waals surface area contributed by atoms with Crippen molar-refractivity contribution in [3.05, 3.63) is 0 Å². The van der Waals surface area contributed by atoms with Gasteiger partial charge in [-0.05, 0) is 13.3 Å². The first kappa shape index (κ1) is 14.2. The van der Waals surface area contributed by atoms with Gasteiger partial charge in [-0.3, -0.25) is 0 Å². The van der Waals surface area contributed by atoms with Gasteiger partial charge in [-0.1, -0.05) is 13.3 Å². The topological polar surface area (TPSA) is 35.5 Å². The van der Waals surface area contributed by atoms with Gasteiger partial charge in [0.2, 0.25) is 0 Å². The average molecular weight is 228 g/mol. The Morgan fingerprint density at radius 2 is 1.93 bits per heavy atom. The molecule has 0 rings (SSSR count). The summed E-state index contributed by atoms with van der Waals surface area (Å²) in [6.07, 6.45) is -6.12. The Morgan fingerprint density at radius 1 is 1.33 bits per heavy atom. The zero-order valence-electron chi connectivity index (χ0n) is 8.76. The van der Waals surface area contributed by atoms with Crippen molar-refractivity contribution in [2.45, 2.75) is 39.0 Å². The van der Waals surface area contributed by atoms with Crippen LogP contribution in [-0.2, 0) is 14.3 Å². The average Bonchev–Trinajstić information content (AvgIpc) is 2.10. The molecule has 0 heterocycles. The van der Waals surface area contributed by atoms with Gasteiger partial charge >= 0.3 is 12.1 Å². The Balaban J connectivity index is 4.02. The molecule has 0 radical (unpaired) electrons. The highest BCUT2D eigenvalue weighted by molar-refractivity contribution is 5.70. The van der Waals surface area contributed by atoms with Crippen molar-refractivity contribution in [3.63, 3.8) is 0 Å². The minimum absolute atomic E-state index is 0.132. The molecule has 1 unspecified atom stereocenters. The van der Waals surface area contributed by atoms with Crippen molar-refractivity contribution in [1.29, 1.82) is 0 Å². The van der Waals surface area contributed by atoms with Crippen LogP contribution in [0.2, 0.25) is 0 Å². The lowest BCUT2D eigenvalue weighted by molar-refractivity contribution is -0.224. The van der Waals surface area contributed by atoms with Gasteiger partial charge in [0.1, 0.15) is 6.61 Å². The van der Waals surface area contributed by atoms with Crippen LogP contribution in [0.25, 0.3) is 0 Å². The summed E-state index contributed by atoms with van der Waals surface area (Å²) < 4.78 is 45.7. The van der Waals surface area contributed by atoms with Gasteiger partial charge in [0, 0.05) is 0 Å². The monoisotopic (exact) mass is 228 g/mol. The number of carbonyl (C=O) groups excluding carboxylic acids is 1. The number of esters is 1. The standard InChI is InChI=1S/C9H15F3O3/c1-3-5-7(9(10,11)12)15-6-8(13)14-4-2/h7H,3-6H2,1-2H3. The van der Waals surface area contributed by atoms with Crippen LogP contribution in [0.4, 0.5) is 13.2 Å². The third-order valence-corrected chi connectivity index (χ3v) is 1.62. The molecule has 90 valence electrons. The molecular formula is C9H15F3O3. The highest BCUT2D eigenvalue weighted by atomic mass is 19.4. The summed E-state index contributed by atoms with van der Waals surface area (Å²) in [6.45, 7) is 2.67. The molecule has 0 bridgehead atoms. The lowest BCUT2D eigenvalue weighted by Crippen LogP contribution is -2.33. The molecule has 3 nitrogen and oxygen atoms in total. The van der Waals surface area contributed by atoms with Crippen LogP contribution < -0.4 is 0 Å². The Morgan fingerprint density at radius 3 is 2.33 bits per heavy atom. The summed E-state index contributed by atoms with van der Waals surface area (Å²) in [7, 11) is 0. The minimum atomic E-state index is -4.43. The molecule has 6 heteroatoms. The van der Waals surface area contributed by atoms with Crippen molar-refractivity contribution < 1.29 is 27.4 Å². The summed E-state index contributed by atoms with van der Waals surface area (Å²) in [5.41, 5.74) is 0. The Bertz CT molecular complexity index is 192. The van der Waals surface area contributed by atoms with Crippen molar-refractivity contribution >= 4 is 5.97 Å². The number of alkyl halides is 3. The summed E-state index contributed by atoms with van der Waals surface area (Å²) in [5.74, 6) is -0.775. The van der Waals surface area contributed by atoms with Crippen LogP contribution in [0.15, 0.2) is 0 Å². The van der Waals surface area contributed by atoms with Crippen molar-refractivity contribution in [2.24, 2.45) is 0 Å². The Kier molecular flexibility index (Phi) is 6.31. The molecule has 0 spiro atoms. The number of rotatable bonds is 6. The fraction of sp³-hybridized carbons (Fsp3) is 0.889. The highest BCUT2D eigenvalue weighted by Gasteiger charge is 2.40. The van der Waals surface area contributed by atoms with Crippen LogP contribution in [0.3, 0.4) is 0 Å². The van der Waals surface area contributed by atoms with Gasteiger partial charge in [0.25, 0.3) is 0 Å². The van der Waals surface area contributed by atoms with Crippen LogP contribution in [-0.4, -0.2) is 31.5 Å². The normalized spacial score (nSPS) is 13.7. The molecule has 0 saturated carbocycles. The molecule has 0 N–H and O–H groups in total. The van der Waals surface area contributed by atoms with Crippen LogP contribution in [0.1, 0.15) is 26.7 Å². The fourth-order valence-corrected chi connectivity index (χ4v) is 0.975. The van der Waals surface area contributed by atoms with E-state index in [1.165, 1.54) is 0 Å². The molecule has 0 saturated heterocycles. The molecule has 0 aromatic carbocycles. The van der Waals surface area contributed by atoms with Crippen molar-refractivity contribution in [2.75, 3.05) is 13.2 Å². The van der Waals surface area contributed by atoms with E-state index in [9.17, 15) is 18.0 Å². The van der Waals surface area contributed by atoms with E-state index in [1.54, 1.807) is 13.8 Å². The lowest BCUT2D eigenvalue weighted by Gasteiger charge is -2.19. The molecular weight excluding hydrogens is 213 g/mol. The maximum absolute atomic E-state index is 12.3. The molecule has 0 aromatic heterocycles. The fourth-order valence-electron chi connectivity index (χ4n) is 0.975. The summed E-state index contributed by atoms with van der Waals surface area (Å²) in [6, 6.07) is 0. The van der Waals surface area contributed by atoms with Crippen molar-refractivity contribution in [1.82, 2.24) is 0 Å². The van der Waals surface area contributed by atoms with Gasteiger partial charge in [-0.25, -0.2) is 4.79 Å². The zero-order valence-corrected chi connectivity index (χ0v) is 8.76. The quantitative estimate of drug-likeness (QED) is 0.654. The first-order chi connectivity index (χ1) is 6.91. The number of hydrogen-bond acceptors (Lipinski definition) is 3. The molecule has 0 aliphatic rings. The number of hydrogen-bond donors (Lipinski definition) is 0. The van der Waals surface area contributed by atoms with Crippen LogP contribution in [0, 0.1) is 0 Å². The van der Waals surface area contributed by atoms with Gasteiger partial charge in [-0.15, -0.1) is 0 Å². The molecule has 15 heavy (non-hydrogen) atoms. The Labute approximate surface area is 86.5 Å². The smallest absolute Gasteiger partial charge is 0.414 e. The largest absolute Gasteiger partial charge is 0.464 e. The predicted octanol–water partition coefficient (Wildman–Crippen LogP) is 2.30. The Hall–Kier alpha value is -0.780. The summed E-state index contributed by atoms with van der Waals surface area (Å²) in [4.78, 5) is 10.8. The third-order valence-electron chi connectivity index (χ3n) is 1.62. The molecule has 0 amide bonds. The van der Waals surface area contributed by atoms with Crippen molar-refractivity contribution in [3.8, 4) is 0 Å². The maximum atomic E-state index is 12.3.